The number of amides is 2. The molecular formula is C24H31N3O5S. The lowest BCUT2D eigenvalue weighted by atomic mass is 10.0. The van der Waals surface area contributed by atoms with E-state index in [1.807, 2.05) is 24.3 Å². The predicted molar refractivity (Wildman–Crippen MR) is 125 cm³/mol. The number of piperazine rings is 1. The zero-order chi connectivity index (χ0) is 24.2. The molecule has 0 aromatic heterocycles. The summed E-state index contributed by atoms with van der Waals surface area (Å²) in [5.74, 6) is 0.308. The molecule has 1 heterocycles. The van der Waals surface area contributed by atoms with Gasteiger partial charge in [0, 0.05) is 33.1 Å². The monoisotopic (exact) mass is 473 g/mol. The lowest BCUT2D eigenvalue weighted by Gasteiger charge is -2.39. The van der Waals surface area contributed by atoms with E-state index in [9.17, 15) is 18.0 Å². The highest BCUT2D eigenvalue weighted by Gasteiger charge is 2.40. The van der Waals surface area contributed by atoms with Crippen LogP contribution in [-0.2, 0) is 26.2 Å². The van der Waals surface area contributed by atoms with Crippen LogP contribution in [0.15, 0.2) is 53.4 Å². The van der Waals surface area contributed by atoms with Gasteiger partial charge in [0.1, 0.15) is 11.8 Å². The molecule has 1 N–H and O–H groups in total. The van der Waals surface area contributed by atoms with Crippen molar-refractivity contribution in [1.29, 1.82) is 0 Å². The van der Waals surface area contributed by atoms with E-state index in [1.54, 1.807) is 12.1 Å². The third-order valence-corrected chi connectivity index (χ3v) is 7.78. The lowest BCUT2D eigenvalue weighted by Crippen LogP contribution is -2.61. The molecule has 2 aromatic carbocycles. The van der Waals surface area contributed by atoms with Crippen LogP contribution in [0.25, 0.3) is 0 Å². The topological polar surface area (TPSA) is 96.0 Å². The number of hydrogen-bond acceptors (Lipinski definition) is 5. The first kappa shape index (κ1) is 24.7. The Labute approximate surface area is 195 Å². The molecule has 1 saturated heterocycles. The van der Waals surface area contributed by atoms with Crippen molar-refractivity contribution in [2.24, 2.45) is 0 Å². The molecule has 1 aliphatic heterocycles. The van der Waals surface area contributed by atoms with E-state index >= 15 is 0 Å². The summed E-state index contributed by atoms with van der Waals surface area (Å²) in [7, 11) is -2.45. The SMILES string of the molecule is COc1ccc(S(=O)(=O)N2CCN(C(C)=O)C[C@@H]2C(=O)NCc2ccc(C(C)C)cc2)cc1. The van der Waals surface area contributed by atoms with E-state index < -0.39 is 22.0 Å². The maximum atomic E-state index is 13.4. The van der Waals surface area contributed by atoms with Crippen LogP contribution < -0.4 is 10.1 Å². The fourth-order valence-electron chi connectivity index (χ4n) is 3.76. The Morgan fingerprint density at radius 2 is 1.70 bits per heavy atom. The van der Waals surface area contributed by atoms with Gasteiger partial charge in [-0.3, -0.25) is 9.59 Å². The van der Waals surface area contributed by atoms with E-state index in [1.165, 1.54) is 40.9 Å². The van der Waals surface area contributed by atoms with Crippen molar-refractivity contribution in [3.63, 3.8) is 0 Å². The maximum absolute atomic E-state index is 13.4. The molecule has 3 rings (SSSR count). The number of carbonyl (C=O) groups is 2. The van der Waals surface area contributed by atoms with Gasteiger partial charge in [0.15, 0.2) is 0 Å². The minimum absolute atomic E-state index is 0.00282. The summed E-state index contributed by atoms with van der Waals surface area (Å²) in [5.41, 5.74) is 2.11. The molecule has 1 atom stereocenters. The van der Waals surface area contributed by atoms with Gasteiger partial charge in [-0.2, -0.15) is 4.31 Å². The van der Waals surface area contributed by atoms with Gasteiger partial charge in [-0.05, 0) is 41.3 Å². The summed E-state index contributed by atoms with van der Waals surface area (Å²) < 4.78 is 33.0. The quantitative estimate of drug-likeness (QED) is 0.666. The second kappa shape index (κ2) is 10.4. The van der Waals surface area contributed by atoms with Crippen molar-refractivity contribution in [3.8, 4) is 5.75 Å². The normalized spacial score (nSPS) is 17.1. The van der Waals surface area contributed by atoms with Crippen molar-refractivity contribution in [3.05, 3.63) is 59.7 Å². The molecule has 9 heteroatoms. The third kappa shape index (κ3) is 5.72. The first-order chi connectivity index (χ1) is 15.6. The third-order valence-electron chi connectivity index (χ3n) is 5.86. The highest BCUT2D eigenvalue weighted by molar-refractivity contribution is 7.89. The second-order valence-electron chi connectivity index (χ2n) is 8.39. The molecule has 2 aromatic rings. The number of nitrogens with zero attached hydrogens (tertiary/aromatic N) is 2. The van der Waals surface area contributed by atoms with Crippen LogP contribution in [0.3, 0.4) is 0 Å². The largest absolute Gasteiger partial charge is 0.497 e. The number of benzene rings is 2. The van der Waals surface area contributed by atoms with E-state index in [4.69, 9.17) is 4.74 Å². The number of nitrogens with one attached hydrogen (secondary N) is 1. The Morgan fingerprint density at radius 3 is 2.24 bits per heavy atom. The lowest BCUT2D eigenvalue weighted by molar-refractivity contribution is -0.134. The summed E-state index contributed by atoms with van der Waals surface area (Å²) in [5, 5.41) is 2.85. The van der Waals surface area contributed by atoms with Crippen LogP contribution in [0, 0.1) is 0 Å². The molecule has 178 valence electrons. The number of carbonyl (C=O) groups excluding carboxylic acids is 2. The zero-order valence-electron chi connectivity index (χ0n) is 19.4. The molecule has 1 aliphatic rings. The molecule has 0 spiro atoms. The van der Waals surface area contributed by atoms with Crippen molar-refractivity contribution in [2.75, 3.05) is 26.7 Å². The number of ether oxygens (including phenoxy) is 1. The summed E-state index contributed by atoms with van der Waals surface area (Å²) in [6.07, 6.45) is 0. The smallest absolute Gasteiger partial charge is 0.243 e. The van der Waals surface area contributed by atoms with Crippen molar-refractivity contribution in [2.45, 2.75) is 44.2 Å². The number of methoxy groups -OCH3 is 1. The van der Waals surface area contributed by atoms with E-state index in [-0.39, 0.29) is 37.0 Å². The van der Waals surface area contributed by atoms with Crippen LogP contribution in [0.2, 0.25) is 0 Å². The Balaban J connectivity index is 1.80. The maximum Gasteiger partial charge on any atom is 0.243 e. The van der Waals surface area contributed by atoms with Crippen LogP contribution in [0.1, 0.15) is 37.8 Å². The molecule has 2 amide bonds. The minimum atomic E-state index is -3.95. The van der Waals surface area contributed by atoms with Gasteiger partial charge >= 0.3 is 0 Å². The molecule has 33 heavy (non-hydrogen) atoms. The Bertz CT molecular complexity index is 1080. The van der Waals surface area contributed by atoms with Crippen LogP contribution in [0.5, 0.6) is 5.75 Å². The number of sulfonamides is 1. The van der Waals surface area contributed by atoms with Gasteiger partial charge in [-0.25, -0.2) is 8.42 Å². The van der Waals surface area contributed by atoms with Gasteiger partial charge < -0.3 is 15.0 Å². The average molecular weight is 474 g/mol. The predicted octanol–water partition coefficient (Wildman–Crippen LogP) is 2.36. The van der Waals surface area contributed by atoms with E-state index in [0.717, 1.165) is 5.56 Å². The molecular weight excluding hydrogens is 442 g/mol. The van der Waals surface area contributed by atoms with E-state index in [0.29, 0.717) is 11.7 Å². The zero-order valence-corrected chi connectivity index (χ0v) is 20.3. The van der Waals surface area contributed by atoms with Crippen molar-refractivity contribution < 1.29 is 22.7 Å². The van der Waals surface area contributed by atoms with Gasteiger partial charge in [-0.15, -0.1) is 0 Å². The average Bonchev–Trinajstić information content (AvgIpc) is 2.82. The summed E-state index contributed by atoms with van der Waals surface area (Å²) in [6, 6.07) is 12.9. The number of hydrogen-bond donors (Lipinski definition) is 1. The second-order valence-corrected chi connectivity index (χ2v) is 10.3. The molecule has 8 nitrogen and oxygen atoms in total. The van der Waals surface area contributed by atoms with Crippen LogP contribution in [0.4, 0.5) is 0 Å². The van der Waals surface area contributed by atoms with Crippen molar-refractivity contribution in [1.82, 2.24) is 14.5 Å². The summed E-state index contributed by atoms with van der Waals surface area (Å²) in [4.78, 5) is 26.6. The van der Waals surface area contributed by atoms with Gasteiger partial charge in [0.05, 0.1) is 12.0 Å². The van der Waals surface area contributed by atoms with Crippen LogP contribution >= 0.6 is 0 Å². The van der Waals surface area contributed by atoms with Gasteiger partial charge in [0.25, 0.3) is 0 Å². The van der Waals surface area contributed by atoms with Crippen LogP contribution in [-0.4, -0.2) is 62.2 Å². The fourth-order valence-corrected chi connectivity index (χ4v) is 5.33. The molecule has 0 aliphatic carbocycles. The van der Waals surface area contributed by atoms with E-state index in [2.05, 4.69) is 19.2 Å². The minimum Gasteiger partial charge on any atom is -0.497 e. The Hall–Kier alpha value is -2.91. The first-order valence-corrected chi connectivity index (χ1v) is 12.4. The fraction of sp³-hybridized carbons (Fsp3) is 0.417. The molecule has 0 bridgehead atoms. The van der Waals surface area contributed by atoms with Gasteiger partial charge in [0.2, 0.25) is 21.8 Å². The highest BCUT2D eigenvalue weighted by Crippen LogP contribution is 2.24. The molecule has 0 radical (unpaired) electrons. The summed E-state index contributed by atoms with van der Waals surface area (Å²) >= 11 is 0. The molecule has 0 unspecified atom stereocenters. The molecule has 1 fully saturated rings. The van der Waals surface area contributed by atoms with Crippen molar-refractivity contribution >= 4 is 21.8 Å². The summed E-state index contributed by atoms with van der Waals surface area (Å²) in [6.45, 7) is 6.17. The number of rotatable bonds is 7. The Kier molecular flexibility index (Phi) is 7.76. The van der Waals surface area contributed by atoms with Gasteiger partial charge in [-0.1, -0.05) is 38.1 Å². The highest BCUT2D eigenvalue weighted by atomic mass is 32.2. The first-order valence-electron chi connectivity index (χ1n) is 10.9. The standard InChI is InChI=1S/C24H31N3O5S/c1-17(2)20-7-5-19(6-8-20)15-25-24(29)23-16-26(18(3)28)13-14-27(23)33(30,31)22-11-9-21(32-4)10-12-22/h5-12,17,23H,13-16H2,1-4H3,(H,25,29)/t23-/m1/s1. The Morgan fingerprint density at radius 1 is 1.06 bits per heavy atom. The molecule has 0 saturated carbocycles.